The number of alkyl halides is 3. The molecule has 2 aromatic rings. The molecular weight excluding hydrogens is 395 g/mol. The number of aromatic nitrogens is 2. The van der Waals surface area contributed by atoms with Crippen LogP contribution in [0.4, 0.5) is 13.2 Å². The third-order valence-electron chi connectivity index (χ3n) is 4.10. The molecule has 0 radical (unpaired) electrons. The van der Waals surface area contributed by atoms with Crippen LogP contribution in [0, 0.1) is 5.92 Å². The molecule has 6 nitrogen and oxygen atoms in total. The van der Waals surface area contributed by atoms with Crippen LogP contribution in [0.15, 0.2) is 41.7 Å². The van der Waals surface area contributed by atoms with Crippen molar-refractivity contribution in [2.24, 2.45) is 10.9 Å². The smallest absolute Gasteiger partial charge is 0.367 e. The molecule has 1 heterocycles. The topological polar surface area (TPSA) is 63.5 Å². The van der Waals surface area contributed by atoms with E-state index < -0.39 is 12.8 Å². The van der Waals surface area contributed by atoms with Gasteiger partial charge in [-0.15, -0.1) is 0 Å². The number of halogens is 3. The Morgan fingerprint density at radius 3 is 2.50 bits per heavy atom. The first-order chi connectivity index (χ1) is 14.3. The molecule has 30 heavy (non-hydrogen) atoms. The summed E-state index contributed by atoms with van der Waals surface area (Å²) in [5, 5.41) is 6.49. The molecule has 0 unspecified atom stereocenters. The molecule has 0 amide bonds. The van der Waals surface area contributed by atoms with Gasteiger partial charge in [-0.2, -0.15) is 13.2 Å². The highest BCUT2D eigenvalue weighted by molar-refractivity contribution is 5.79. The Labute approximate surface area is 175 Å². The van der Waals surface area contributed by atoms with Gasteiger partial charge in [0.1, 0.15) is 12.4 Å². The van der Waals surface area contributed by atoms with Crippen LogP contribution in [0.1, 0.15) is 37.7 Å². The SMILES string of the molecule is CCNC(=NCc1ccc(COCC(F)(F)F)cc1)NCc1nccn1CC(C)C. The lowest BCUT2D eigenvalue weighted by molar-refractivity contribution is -0.176. The highest BCUT2D eigenvalue weighted by Crippen LogP contribution is 2.16. The predicted molar refractivity (Wildman–Crippen MR) is 111 cm³/mol. The molecule has 166 valence electrons. The van der Waals surface area contributed by atoms with Crippen molar-refractivity contribution < 1.29 is 17.9 Å². The first-order valence-corrected chi connectivity index (χ1v) is 10.0. The quantitative estimate of drug-likeness (QED) is 0.448. The number of nitrogens with one attached hydrogen (secondary N) is 2. The molecule has 0 fully saturated rings. The van der Waals surface area contributed by atoms with Gasteiger partial charge >= 0.3 is 6.18 Å². The number of rotatable bonds is 10. The minimum Gasteiger partial charge on any atom is -0.367 e. The van der Waals surface area contributed by atoms with E-state index in [9.17, 15) is 13.2 Å². The van der Waals surface area contributed by atoms with Crippen molar-refractivity contribution in [2.45, 2.75) is 53.2 Å². The number of aliphatic imine (C=N–C) groups is 1. The number of hydrogen-bond donors (Lipinski definition) is 2. The summed E-state index contributed by atoms with van der Waals surface area (Å²) >= 11 is 0. The molecule has 0 aliphatic heterocycles. The van der Waals surface area contributed by atoms with Gasteiger partial charge in [-0.05, 0) is 24.0 Å². The van der Waals surface area contributed by atoms with Gasteiger partial charge in [0.15, 0.2) is 5.96 Å². The Hall–Kier alpha value is -2.55. The van der Waals surface area contributed by atoms with Gasteiger partial charge in [0, 0.05) is 25.5 Å². The molecule has 0 saturated heterocycles. The highest BCUT2D eigenvalue weighted by atomic mass is 19.4. The first-order valence-electron chi connectivity index (χ1n) is 10.0. The van der Waals surface area contributed by atoms with Crippen LogP contribution < -0.4 is 10.6 Å². The van der Waals surface area contributed by atoms with Gasteiger partial charge in [-0.25, -0.2) is 9.98 Å². The van der Waals surface area contributed by atoms with Gasteiger partial charge < -0.3 is 19.9 Å². The van der Waals surface area contributed by atoms with E-state index >= 15 is 0 Å². The van der Waals surface area contributed by atoms with Crippen molar-refractivity contribution >= 4 is 5.96 Å². The molecule has 9 heteroatoms. The molecule has 0 saturated carbocycles. The van der Waals surface area contributed by atoms with E-state index in [-0.39, 0.29) is 6.61 Å². The molecule has 1 aromatic carbocycles. The zero-order valence-electron chi connectivity index (χ0n) is 17.7. The van der Waals surface area contributed by atoms with Crippen molar-refractivity contribution in [2.75, 3.05) is 13.2 Å². The average molecular weight is 425 g/mol. The highest BCUT2D eigenvalue weighted by Gasteiger charge is 2.27. The normalized spacial score (nSPS) is 12.4. The Kier molecular flexibility index (Phi) is 9.16. The van der Waals surface area contributed by atoms with Gasteiger partial charge in [-0.1, -0.05) is 38.1 Å². The van der Waals surface area contributed by atoms with Crippen molar-refractivity contribution in [1.29, 1.82) is 0 Å². The molecule has 0 aliphatic carbocycles. The lowest BCUT2D eigenvalue weighted by atomic mass is 10.1. The van der Waals surface area contributed by atoms with E-state index in [1.807, 2.05) is 25.3 Å². The number of guanidine groups is 1. The summed E-state index contributed by atoms with van der Waals surface area (Å²) in [6.07, 6.45) is -0.541. The second-order valence-electron chi connectivity index (χ2n) is 7.36. The zero-order chi connectivity index (χ0) is 22.0. The molecule has 2 N–H and O–H groups in total. The summed E-state index contributed by atoms with van der Waals surface area (Å²) in [7, 11) is 0. The van der Waals surface area contributed by atoms with Crippen LogP contribution in [0.25, 0.3) is 0 Å². The molecule has 0 aliphatic rings. The Bertz CT molecular complexity index is 785. The van der Waals surface area contributed by atoms with Gasteiger partial charge in [-0.3, -0.25) is 0 Å². The monoisotopic (exact) mass is 425 g/mol. The van der Waals surface area contributed by atoms with E-state index in [0.29, 0.717) is 30.5 Å². The first kappa shape index (κ1) is 23.7. The summed E-state index contributed by atoms with van der Waals surface area (Å²) in [5.41, 5.74) is 1.64. The van der Waals surface area contributed by atoms with Crippen LogP contribution in [0.2, 0.25) is 0 Å². The molecule has 0 bridgehead atoms. The summed E-state index contributed by atoms with van der Waals surface area (Å²) in [5.74, 6) is 2.15. The van der Waals surface area contributed by atoms with E-state index in [4.69, 9.17) is 0 Å². The molecule has 0 spiro atoms. The van der Waals surface area contributed by atoms with Crippen LogP contribution >= 0.6 is 0 Å². The summed E-state index contributed by atoms with van der Waals surface area (Å²) in [4.78, 5) is 8.98. The largest absolute Gasteiger partial charge is 0.411 e. The Morgan fingerprint density at radius 2 is 1.87 bits per heavy atom. The molecular formula is C21H30F3N5O. The van der Waals surface area contributed by atoms with E-state index in [1.54, 1.807) is 18.3 Å². The lowest BCUT2D eigenvalue weighted by Crippen LogP contribution is -2.37. The number of imidazole rings is 1. The van der Waals surface area contributed by atoms with Gasteiger partial charge in [0.2, 0.25) is 0 Å². The van der Waals surface area contributed by atoms with Crippen LogP contribution in [0.3, 0.4) is 0 Å². The van der Waals surface area contributed by atoms with Crippen LogP contribution in [0.5, 0.6) is 0 Å². The number of benzene rings is 1. The maximum Gasteiger partial charge on any atom is 0.411 e. The zero-order valence-corrected chi connectivity index (χ0v) is 17.7. The number of ether oxygens (including phenoxy) is 1. The van der Waals surface area contributed by atoms with E-state index in [2.05, 4.69) is 43.8 Å². The number of hydrogen-bond acceptors (Lipinski definition) is 3. The summed E-state index contributed by atoms with van der Waals surface area (Å²) in [6, 6.07) is 7.19. The maximum atomic E-state index is 12.1. The molecule has 1 aromatic heterocycles. The van der Waals surface area contributed by atoms with Crippen molar-refractivity contribution in [3.63, 3.8) is 0 Å². The van der Waals surface area contributed by atoms with Gasteiger partial charge in [0.25, 0.3) is 0 Å². The van der Waals surface area contributed by atoms with Crippen LogP contribution in [-0.2, 0) is 31.0 Å². The van der Waals surface area contributed by atoms with E-state index in [1.165, 1.54) is 0 Å². The number of nitrogens with zero attached hydrogens (tertiary/aromatic N) is 3. The summed E-state index contributed by atoms with van der Waals surface area (Å²) in [6.45, 7) is 7.63. The standard InChI is InChI=1S/C21H30F3N5O/c1-4-25-20(28-12-19-26-9-10-29(19)13-16(2)3)27-11-17-5-7-18(8-6-17)14-30-15-21(22,23)24/h5-10,16H,4,11-15H2,1-3H3,(H2,25,27,28). The minimum absolute atomic E-state index is 0.0731. The average Bonchev–Trinajstić information content (AvgIpc) is 3.10. The maximum absolute atomic E-state index is 12.1. The second-order valence-corrected chi connectivity index (χ2v) is 7.36. The van der Waals surface area contributed by atoms with E-state index in [0.717, 1.165) is 24.5 Å². The fourth-order valence-electron chi connectivity index (χ4n) is 2.77. The third kappa shape index (κ3) is 8.86. The second kappa shape index (κ2) is 11.6. The van der Waals surface area contributed by atoms with Crippen molar-refractivity contribution in [1.82, 2.24) is 20.2 Å². The predicted octanol–water partition coefficient (Wildman–Crippen LogP) is 3.87. The summed E-state index contributed by atoms with van der Waals surface area (Å²) < 4.78 is 43.2. The van der Waals surface area contributed by atoms with Gasteiger partial charge in [0.05, 0.1) is 19.7 Å². The molecule has 2 rings (SSSR count). The minimum atomic E-state index is -4.31. The fraction of sp³-hybridized carbons (Fsp3) is 0.524. The Balaban J connectivity index is 1.89. The van der Waals surface area contributed by atoms with Crippen molar-refractivity contribution in [3.8, 4) is 0 Å². The lowest BCUT2D eigenvalue weighted by Gasteiger charge is -2.14. The van der Waals surface area contributed by atoms with Crippen LogP contribution in [-0.4, -0.2) is 34.8 Å². The fourth-order valence-corrected chi connectivity index (χ4v) is 2.77. The third-order valence-corrected chi connectivity index (χ3v) is 4.10. The Morgan fingerprint density at radius 1 is 1.17 bits per heavy atom. The van der Waals surface area contributed by atoms with Crippen molar-refractivity contribution in [3.05, 3.63) is 53.6 Å². The molecule has 0 atom stereocenters.